The van der Waals surface area contributed by atoms with E-state index < -0.39 is 0 Å². The number of pyridine rings is 1. The number of hydrogen-bond acceptors (Lipinski definition) is 6. The van der Waals surface area contributed by atoms with Gasteiger partial charge in [-0.25, -0.2) is 9.78 Å². The summed E-state index contributed by atoms with van der Waals surface area (Å²) in [7, 11) is 0. The summed E-state index contributed by atoms with van der Waals surface area (Å²) >= 11 is 3.33. The van der Waals surface area contributed by atoms with Crippen molar-refractivity contribution in [1.82, 2.24) is 20.6 Å². The van der Waals surface area contributed by atoms with E-state index in [2.05, 4.69) is 25.9 Å². The Balaban J connectivity index is 1.18. The Morgan fingerprint density at radius 3 is 3.11 bits per heavy atom. The van der Waals surface area contributed by atoms with E-state index in [0.717, 1.165) is 36.3 Å². The van der Waals surface area contributed by atoms with E-state index >= 15 is 0 Å². The molecule has 0 aliphatic carbocycles. The molecule has 7 nitrogen and oxygen atoms in total. The number of hydrogen-bond donors (Lipinski definition) is 3. The van der Waals surface area contributed by atoms with Crippen molar-refractivity contribution >= 4 is 40.2 Å². The lowest BCUT2D eigenvalue weighted by Gasteiger charge is -2.16. The quantitative estimate of drug-likeness (QED) is 0.488. The molecule has 0 spiro atoms. The molecule has 3 atom stereocenters. The van der Waals surface area contributed by atoms with Crippen LogP contribution in [0, 0.1) is 0 Å². The number of fused-ring (bicyclic) bond motifs is 1. The lowest BCUT2D eigenvalue weighted by atomic mass is 10.0. The van der Waals surface area contributed by atoms with E-state index in [1.54, 1.807) is 12.4 Å². The molecule has 2 fully saturated rings. The number of anilines is 1. The monoisotopic (exact) mass is 403 g/mol. The zero-order chi connectivity index (χ0) is 18.6. The summed E-state index contributed by atoms with van der Waals surface area (Å²) < 4.78 is 0. The summed E-state index contributed by atoms with van der Waals surface area (Å²) in [5.74, 6) is 0.965. The van der Waals surface area contributed by atoms with Crippen LogP contribution in [0.3, 0.4) is 0 Å². The molecule has 3 N–H and O–H groups in total. The van der Waals surface area contributed by atoms with Gasteiger partial charge >= 0.3 is 6.03 Å². The SMILES string of the molecule is O=C(CCCC[C@@H]1SC[C@@H]2NC(=O)N[C@@H]21)Nc1nc(-c2cccnc2)cs1. The van der Waals surface area contributed by atoms with Gasteiger partial charge in [0.05, 0.1) is 17.8 Å². The van der Waals surface area contributed by atoms with Crippen molar-refractivity contribution in [2.24, 2.45) is 0 Å². The van der Waals surface area contributed by atoms with Gasteiger partial charge in [-0.2, -0.15) is 11.8 Å². The maximum Gasteiger partial charge on any atom is 0.315 e. The second-order valence-electron chi connectivity index (χ2n) is 6.70. The number of amides is 3. The second-order valence-corrected chi connectivity index (χ2v) is 8.83. The predicted molar refractivity (Wildman–Crippen MR) is 108 cm³/mol. The molecule has 4 rings (SSSR count). The lowest BCUT2D eigenvalue weighted by molar-refractivity contribution is -0.116. The molecular weight excluding hydrogens is 382 g/mol. The van der Waals surface area contributed by atoms with Gasteiger partial charge in [0.15, 0.2) is 5.13 Å². The summed E-state index contributed by atoms with van der Waals surface area (Å²) in [5.41, 5.74) is 1.76. The molecule has 9 heteroatoms. The van der Waals surface area contributed by atoms with Gasteiger partial charge in [0.2, 0.25) is 5.91 Å². The highest BCUT2D eigenvalue weighted by Crippen LogP contribution is 2.33. The third-order valence-corrected chi connectivity index (χ3v) is 7.05. The van der Waals surface area contributed by atoms with E-state index in [1.807, 2.05) is 29.3 Å². The Bertz CT molecular complexity index is 813. The first-order chi connectivity index (χ1) is 13.2. The number of unbranched alkanes of at least 4 members (excludes halogenated alkanes) is 1. The predicted octanol–water partition coefficient (Wildman–Crippen LogP) is 2.87. The minimum atomic E-state index is -0.0521. The fraction of sp³-hybridized carbons (Fsp3) is 0.444. The third-order valence-electron chi connectivity index (χ3n) is 4.79. The molecule has 2 aromatic heterocycles. The first-order valence-corrected chi connectivity index (χ1v) is 11.0. The van der Waals surface area contributed by atoms with Gasteiger partial charge in [0.1, 0.15) is 0 Å². The third kappa shape index (κ3) is 4.41. The minimum Gasteiger partial charge on any atom is -0.332 e. The van der Waals surface area contributed by atoms with Gasteiger partial charge in [0.25, 0.3) is 0 Å². The van der Waals surface area contributed by atoms with Crippen molar-refractivity contribution < 1.29 is 9.59 Å². The van der Waals surface area contributed by atoms with Crippen LogP contribution in [0.2, 0.25) is 0 Å². The summed E-state index contributed by atoms with van der Waals surface area (Å²) in [5, 5.41) is 11.8. The van der Waals surface area contributed by atoms with Crippen LogP contribution in [-0.2, 0) is 4.79 Å². The molecule has 2 saturated heterocycles. The smallest absolute Gasteiger partial charge is 0.315 e. The number of thiazole rings is 1. The zero-order valence-electron chi connectivity index (χ0n) is 14.7. The normalized spacial score (nSPS) is 23.6. The van der Waals surface area contributed by atoms with Gasteiger partial charge in [-0.05, 0) is 25.0 Å². The van der Waals surface area contributed by atoms with E-state index in [9.17, 15) is 9.59 Å². The second kappa shape index (κ2) is 8.26. The summed E-state index contributed by atoms with van der Waals surface area (Å²) in [6, 6.07) is 4.25. The van der Waals surface area contributed by atoms with Gasteiger partial charge in [0, 0.05) is 40.8 Å². The molecule has 0 aromatic carbocycles. The molecule has 2 aromatic rings. The van der Waals surface area contributed by atoms with Crippen molar-refractivity contribution in [1.29, 1.82) is 0 Å². The van der Waals surface area contributed by atoms with Crippen LogP contribution in [0.5, 0.6) is 0 Å². The fourth-order valence-corrected chi connectivity index (χ4v) is 5.71. The summed E-state index contributed by atoms with van der Waals surface area (Å²) in [4.78, 5) is 32.1. The minimum absolute atomic E-state index is 0.00475. The van der Waals surface area contributed by atoms with Crippen molar-refractivity contribution in [2.75, 3.05) is 11.1 Å². The maximum atomic E-state index is 12.2. The number of aromatic nitrogens is 2. The van der Waals surface area contributed by atoms with Crippen LogP contribution in [0.25, 0.3) is 11.3 Å². The van der Waals surface area contributed by atoms with Crippen LogP contribution < -0.4 is 16.0 Å². The van der Waals surface area contributed by atoms with Crippen molar-refractivity contribution in [3.63, 3.8) is 0 Å². The zero-order valence-corrected chi connectivity index (χ0v) is 16.3. The highest BCUT2D eigenvalue weighted by molar-refractivity contribution is 8.00. The van der Waals surface area contributed by atoms with Crippen LogP contribution in [-0.4, -0.2) is 45.0 Å². The molecule has 0 saturated carbocycles. The molecular formula is C18H21N5O2S2. The Labute approximate surface area is 165 Å². The summed E-state index contributed by atoms with van der Waals surface area (Å²) in [6.07, 6.45) is 6.79. The van der Waals surface area contributed by atoms with Gasteiger partial charge in [-0.3, -0.25) is 9.78 Å². The van der Waals surface area contributed by atoms with Crippen molar-refractivity contribution in [2.45, 2.75) is 43.0 Å². The largest absolute Gasteiger partial charge is 0.332 e. The number of carbonyl (C=O) groups is 2. The number of thioether (sulfide) groups is 1. The van der Waals surface area contributed by atoms with E-state index in [-0.39, 0.29) is 24.0 Å². The van der Waals surface area contributed by atoms with Gasteiger partial charge in [-0.15, -0.1) is 11.3 Å². The Hall–Kier alpha value is -2.13. The molecule has 27 heavy (non-hydrogen) atoms. The lowest BCUT2D eigenvalue weighted by Crippen LogP contribution is -2.36. The van der Waals surface area contributed by atoms with Gasteiger partial charge in [-0.1, -0.05) is 6.42 Å². The first-order valence-electron chi connectivity index (χ1n) is 9.03. The molecule has 3 amide bonds. The molecule has 2 aliphatic heterocycles. The van der Waals surface area contributed by atoms with Crippen molar-refractivity contribution in [3.05, 3.63) is 29.9 Å². The highest BCUT2D eigenvalue weighted by atomic mass is 32.2. The number of nitrogens with one attached hydrogen (secondary N) is 3. The molecule has 0 bridgehead atoms. The molecule has 0 unspecified atom stereocenters. The number of carbonyl (C=O) groups excluding carboxylic acids is 2. The van der Waals surface area contributed by atoms with E-state index in [1.165, 1.54) is 11.3 Å². The summed E-state index contributed by atoms with van der Waals surface area (Å²) in [6.45, 7) is 0. The Kier molecular flexibility index (Phi) is 5.58. The van der Waals surface area contributed by atoms with Gasteiger partial charge < -0.3 is 16.0 Å². The van der Waals surface area contributed by atoms with Crippen molar-refractivity contribution in [3.8, 4) is 11.3 Å². The number of rotatable bonds is 7. The van der Waals surface area contributed by atoms with Crippen LogP contribution in [0.15, 0.2) is 29.9 Å². The number of nitrogens with zero attached hydrogens (tertiary/aromatic N) is 2. The molecule has 4 heterocycles. The van der Waals surface area contributed by atoms with Crippen LogP contribution in [0.1, 0.15) is 25.7 Å². The van der Waals surface area contributed by atoms with E-state index in [4.69, 9.17) is 0 Å². The fourth-order valence-electron chi connectivity index (χ4n) is 3.43. The first kappa shape index (κ1) is 18.2. The number of urea groups is 1. The average molecular weight is 404 g/mol. The maximum absolute atomic E-state index is 12.2. The Morgan fingerprint density at radius 2 is 2.26 bits per heavy atom. The average Bonchev–Trinajstić information content (AvgIpc) is 3.36. The highest BCUT2D eigenvalue weighted by Gasteiger charge is 2.42. The topological polar surface area (TPSA) is 96.0 Å². The Morgan fingerprint density at radius 1 is 1.33 bits per heavy atom. The van der Waals surface area contributed by atoms with E-state index in [0.29, 0.717) is 16.8 Å². The molecule has 142 valence electrons. The molecule has 0 radical (unpaired) electrons. The van der Waals surface area contributed by atoms with Crippen LogP contribution in [0.4, 0.5) is 9.93 Å². The molecule has 2 aliphatic rings. The standard InChI is InChI=1S/C18H21N5O2S2/c24-15(22-18-21-12(9-27-18)11-4-3-7-19-8-11)6-2-1-5-14-16-13(10-26-14)20-17(25)23-16/h3-4,7-9,13-14,16H,1-2,5-6,10H2,(H2,20,23,25)(H,21,22,24)/t13-,14-,16-/m0/s1. The van der Waals surface area contributed by atoms with Crippen LogP contribution >= 0.6 is 23.1 Å².